The fraction of sp³-hybridized carbons (Fsp3) is 0.200. The van der Waals surface area contributed by atoms with Gasteiger partial charge in [0.25, 0.3) is 0 Å². The molecule has 2 nitrogen and oxygen atoms in total. The molecule has 0 spiro atoms. The first-order valence-corrected chi connectivity index (χ1v) is 21.7. The Morgan fingerprint density at radius 2 is 1.60 bits per heavy atom. The number of pyridine rings is 2. The molecule has 8 heteroatoms. The first-order valence-electron chi connectivity index (χ1n) is 14.1. The van der Waals surface area contributed by atoms with Crippen LogP contribution in [0.3, 0.4) is 0 Å². The van der Waals surface area contributed by atoms with E-state index in [0.717, 1.165) is 44.3 Å². The zero-order valence-corrected chi connectivity index (χ0v) is 29.7. The van der Waals surface area contributed by atoms with E-state index in [2.05, 4.69) is 51.5 Å². The number of fused-ring (bicyclic) bond motifs is 3. The standard InChI is InChI=1S/C21H15F3NS.C14H16GeN.Ir/c1-12(2)13-9-10-25-18(11-13)16-7-3-5-14-15-6-4-8-17(21(22,23)24)20(15)26-19(14)16;1-15(2,3)13-9-10-14(16-11-13)12-7-5-4-6-8-12;/h3-6,8-12H,1-2H3;4-7,9-11H,1-3H3;/q2*-1;/i12D;;. The van der Waals surface area contributed by atoms with Gasteiger partial charge >= 0.3 is 106 Å². The van der Waals surface area contributed by atoms with Crippen LogP contribution in [0, 0.1) is 12.1 Å². The van der Waals surface area contributed by atoms with Crippen LogP contribution in [0.15, 0.2) is 91.3 Å². The van der Waals surface area contributed by atoms with E-state index >= 15 is 0 Å². The number of nitrogens with zero attached hydrogens (tertiary/aromatic N) is 2. The molecule has 0 saturated heterocycles. The van der Waals surface area contributed by atoms with Crippen LogP contribution < -0.4 is 4.40 Å². The van der Waals surface area contributed by atoms with E-state index in [1.807, 2.05) is 36.5 Å². The maximum Gasteiger partial charge on any atom is 0 e. The Hall–Kier alpha value is -2.84. The van der Waals surface area contributed by atoms with Crippen LogP contribution in [-0.2, 0) is 26.3 Å². The summed E-state index contributed by atoms with van der Waals surface area (Å²) in [5, 5.41) is 1.34. The summed E-state index contributed by atoms with van der Waals surface area (Å²) in [6.07, 6.45) is -0.740. The molecule has 223 valence electrons. The summed E-state index contributed by atoms with van der Waals surface area (Å²) in [5.41, 5.74) is 3.51. The average molecular weight is 835 g/mol. The van der Waals surface area contributed by atoms with Crippen LogP contribution in [0.25, 0.3) is 42.7 Å². The molecule has 0 bridgehead atoms. The average Bonchev–Trinajstić information content (AvgIpc) is 3.36. The predicted molar refractivity (Wildman–Crippen MR) is 172 cm³/mol. The van der Waals surface area contributed by atoms with Crippen molar-refractivity contribution in [2.24, 2.45) is 0 Å². The van der Waals surface area contributed by atoms with Crippen LogP contribution >= 0.6 is 11.3 Å². The molecule has 6 aromatic rings. The molecule has 0 fully saturated rings. The van der Waals surface area contributed by atoms with Crippen molar-refractivity contribution in [3.63, 3.8) is 0 Å². The van der Waals surface area contributed by atoms with Crippen LogP contribution in [0.4, 0.5) is 13.2 Å². The first kappa shape index (κ1) is 31.6. The number of benzene rings is 3. The summed E-state index contributed by atoms with van der Waals surface area (Å²) in [7, 11) is 0. The third-order valence-electron chi connectivity index (χ3n) is 6.97. The van der Waals surface area contributed by atoms with E-state index in [1.54, 1.807) is 44.3 Å². The van der Waals surface area contributed by atoms with Gasteiger partial charge in [0.2, 0.25) is 0 Å². The van der Waals surface area contributed by atoms with E-state index < -0.39 is 30.9 Å². The van der Waals surface area contributed by atoms with Crippen molar-refractivity contribution >= 4 is 49.2 Å². The van der Waals surface area contributed by atoms with Crippen LogP contribution in [0.5, 0.6) is 0 Å². The SMILES string of the molecule is [2H]C(C)(C)c1ccnc(-c2[c-]ccc3c2sc2c(C(F)(F)F)cccc23)c1.[CH3][Ge]([CH3])([CH3])[c]1ccc(-c2[c-]cccc2)nc1.[Ir]. The largest absolute Gasteiger partial charge is 0 e. The Morgan fingerprint density at radius 1 is 0.837 bits per heavy atom. The summed E-state index contributed by atoms with van der Waals surface area (Å²) in [4.78, 5) is 8.92. The molecule has 43 heavy (non-hydrogen) atoms. The maximum atomic E-state index is 13.4. The molecule has 0 saturated carbocycles. The fourth-order valence-corrected chi connectivity index (χ4v) is 8.12. The van der Waals surface area contributed by atoms with Crippen molar-refractivity contribution in [2.75, 3.05) is 0 Å². The second kappa shape index (κ2) is 13.4. The Morgan fingerprint density at radius 3 is 2.23 bits per heavy atom. The van der Waals surface area contributed by atoms with Crippen molar-refractivity contribution in [1.82, 2.24) is 9.97 Å². The Balaban J connectivity index is 0.000000223. The van der Waals surface area contributed by atoms with E-state index in [1.165, 1.54) is 10.5 Å². The fourth-order valence-electron chi connectivity index (χ4n) is 4.60. The number of alkyl halides is 3. The minimum absolute atomic E-state index is 0. The van der Waals surface area contributed by atoms with Crippen molar-refractivity contribution in [2.45, 2.75) is 43.2 Å². The van der Waals surface area contributed by atoms with Gasteiger partial charge in [0.15, 0.2) is 0 Å². The first-order chi connectivity index (χ1) is 20.2. The summed E-state index contributed by atoms with van der Waals surface area (Å²) in [6, 6.07) is 30.0. The molecule has 0 aliphatic carbocycles. The number of aromatic nitrogens is 2. The van der Waals surface area contributed by atoms with Crippen molar-refractivity contribution in [3.05, 3.63) is 115 Å². The van der Waals surface area contributed by atoms with E-state index in [9.17, 15) is 13.2 Å². The third kappa shape index (κ3) is 7.46. The molecular weight excluding hydrogens is 802 g/mol. The smallest absolute Gasteiger partial charge is 0 e. The summed E-state index contributed by atoms with van der Waals surface area (Å²) in [6.45, 7) is 3.57. The van der Waals surface area contributed by atoms with Gasteiger partial charge in [-0.3, -0.25) is 0 Å². The molecule has 0 amide bonds. The van der Waals surface area contributed by atoms with Gasteiger partial charge < -0.3 is 4.98 Å². The van der Waals surface area contributed by atoms with Crippen molar-refractivity contribution in [1.29, 1.82) is 0 Å². The zero-order valence-electron chi connectivity index (χ0n) is 25.4. The number of hydrogen-bond acceptors (Lipinski definition) is 3. The second-order valence-corrected chi connectivity index (χ2v) is 22.9. The van der Waals surface area contributed by atoms with Crippen molar-refractivity contribution < 1.29 is 34.6 Å². The zero-order chi connectivity index (χ0) is 31.0. The monoisotopic (exact) mass is 836 g/mol. The van der Waals surface area contributed by atoms with Gasteiger partial charge in [-0.1, -0.05) is 43.0 Å². The molecule has 3 heterocycles. The Bertz CT molecular complexity index is 1880. The van der Waals surface area contributed by atoms with E-state index in [-0.39, 0.29) is 24.8 Å². The Kier molecular flexibility index (Phi) is 9.87. The Labute approximate surface area is 272 Å². The topological polar surface area (TPSA) is 25.8 Å². The molecular formula is C35H31F3GeIrN2S-2. The summed E-state index contributed by atoms with van der Waals surface area (Å²) >= 11 is -0.604. The van der Waals surface area contributed by atoms with Gasteiger partial charge in [-0.25, -0.2) is 0 Å². The minimum atomic E-state index is -4.41. The molecule has 0 aliphatic rings. The van der Waals surface area contributed by atoms with Gasteiger partial charge in [0, 0.05) is 32.4 Å². The van der Waals surface area contributed by atoms with E-state index in [0.29, 0.717) is 16.6 Å². The van der Waals surface area contributed by atoms with Gasteiger partial charge in [-0.15, -0.1) is 23.8 Å². The third-order valence-corrected chi connectivity index (χ3v) is 12.5. The van der Waals surface area contributed by atoms with Gasteiger partial charge in [-0.2, -0.15) is 24.5 Å². The van der Waals surface area contributed by atoms with E-state index in [4.69, 9.17) is 1.37 Å². The molecule has 6 rings (SSSR count). The summed E-state index contributed by atoms with van der Waals surface area (Å²) < 4.78 is 50.9. The van der Waals surface area contributed by atoms with Gasteiger partial charge in [-0.05, 0) is 33.8 Å². The predicted octanol–water partition coefficient (Wildman–Crippen LogP) is 10.2. The molecule has 3 aromatic carbocycles. The maximum absolute atomic E-state index is 13.4. The van der Waals surface area contributed by atoms with Crippen molar-refractivity contribution in [3.8, 4) is 22.5 Å². The number of thiophene rings is 1. The molecule has 0 atom stereocenters. The van der Waals surface area contributed by atoms with Gasteiger partial charge in [0.1, 0.15) is 0 Å². The normalized spacial score (nSPS) is 12.3. The second-order valence-electron chi connectivity index (χ2n) is 11.3. The molecule has 0 N–H and O–H groups in total. The molecule has 1 radical (unpaired) electrons. The van der Waals surface area contributed by atoms with Gasteiger partial charge in [0.05, 0.1) is 5.56 Å². The number of rotatable bonds is 4. The molecule has 0 unspecified atom stereocenters. The molecule has 0 aliphatic heterocycles. The minimum Gasteiger partial charge on any atom is 0 e. The molecule has 3 aromatic heterocycles. The quantitative estimate of drug-likeness (QED) is 0.131. The van der Waals surface area contributed by atoms with Crippen LogP contribution in [0.2, 0.25) is 17.3 Å². The number of hydrogen-bond donors (Lipinski definition) is 0. The number of halogens is 3. The van der Waals surface area contributed by atoms with Crippen LogP contribution in [0.1, 0.15) is 32.2 Å². The summed E-state index contributed by atoms with van der Waals surface area (Å²) in [5.74, 6) is 6.34. The van der Waals surface area contributed by atoms with Crippen LogP contribution in [-0.4, -0.2) is 23.2 Å².